The van der Waals surface area contributed by atoms with Crippen LogP contribution in [-0.4, -0.2) is 7.11 Å². The first-order valence-electron chi connectivity index (χ1n) is 7.20. The van der Waals surface area contributed by atoms with Crippen LogP contribution in [0.5, 0.6) is 5.75 Å². The summed E-state index contributed by atoms with van der Waals surface area (Å²) in [6, 6.07) is 16.8. The second-order valence-corrected chi connectivity index (χ2v) is 5.15. The van der Waals surface area contributed by atoms with Gasteiger partial charge in [-0.15, -0.1) is 0 Å². The Bertz CT molecular complexity index is 516. The molecule has 0 bridgehead atoms. The number of nitrogens with two attached hydrogens (primary N) is 1. The zero-order chi connectivity index (χ0) is 14.4. The van der Waals surface area contributed by atoms with Gasteiger partial charge in [0.2, 0.25) is 0 Å². The maximum Gasteiger partial charge on any atom is 0.118 e. The van der Waals surface area contributed by atoms with Crippen LogP contribution in [-0.2, 0) is 12.8 Å². The summed E-state index contributed by atoms with van der Waals surface area (Å²) in [6.45, 7) is 2.20. The molecule has 2 N–H and O–H groups in total. The zero-order valence-electron chi connectivity index (χ0n) is 12.3. The zero-order valence-corrected chi connectivity index (χ0v) is 12.3. The molecule has 2 rings (SSSR count). The van der Waals surface area contributed by atoms with Crippen molar-refractivity contribution in [3.8, 4) is 5.75 Å². The van der Waals surface area contributed by atoms with Crippen molar-refractivity contribution >= 4 is 0 Å². The second-order valence-electron chi connectivity index (χ2n) is 5.15. The summed E-state index contributed by atoms with van der Waals surface area (Å²) < 4.78 is 5.16. The lowest BCUT2D eigenvalue weighted by Gasteiger charge is -2.13. The van der Waals surface area contributed by atoms with E-state index in [0.29, 0.717) is 0 Å². The topological polar surface area (TPSA) is 35.2 Å². The highest BCUT2D eigenvalue weighted by Gasteiger charge is 2.07. The van der Waals surface area contributed by atoms with E-state index < -0.39 is 0 Å². The predicted molar refractivity (Wildman–Crippen MR) is 84.1 cm³/mol. The number of ether oxygens (including phenoxy) is 1. The fourth-order valence-electron chi connectivity index (χ4n) is 2.35. The van der Waals surface area contributed by atoms with Crippen LogP contribution in [0.2, 0.25) is 0 Å². The van der Waals surface area contributed by atoms with Crippen LogP contribution in [0.1, 0.15) is 36.1 Å². The number of benzene rings is 2. The molecule has 0 amide bonds. The van der Waals surface area contributed by atoms with Crippen LogP contribution in [0.25, 0.3) is 0 Å². The van der Waals surface area contributed by atoms with Crippen LogP contribution >= 0.6 is 0 Å². The molecule has 1 unspecified atom stereocenters. The Morgan fingerprint density at radius 1 is 0.950 bits per heavy atom. The SMILES string of the molecule is CCCc1ccc(C(N)Cc2ccc(OC)cc2)cc1. The lowest BCUT2D eigenvalue weighted by atomic mass is 9.98. The maximum absolute atomic E-state index is 6.29. The lowest BCUT2D eigenvalue weighted by molar-refractivity contribution is 0.414. The Morgan fingerprint density at radius 3 is 2.10 bits per heavy atom. The van der Waals surface area contributed by atoms with Crippen LogP contribution in [0.3, 0.4) is 0 Å². The van der Waals surface area contributed by atoms with Crippen LogP contribution in [0, 0.1) is 0 Å². The van der Waals surface area contributed by atoms with Gasteiger partial charge in [-0.05, 0) is 41.7 Å². The van der Waals surface area contributed by atoms with Crippen LogP contribution < -0.4 is 10.5 Å². The van der Waals surface area contributed by atoms with Gasteiger partial charge in [0.1, 0.15) is 5.75 Å². The maximum atomic E-state index is 6.29. The molecule has 0 spiro atoms. The van der Waals surface area contributed by atoms with Crippen molar-refractivity contribution in [1.29, 1.82) is 0 Å². The smallest absolute Gasteiger partial charge is 0.118 e. The summed E-state index contributed by atoms with van der Waals surface area (Å²) in [4.78, 5) is 0. The molecule has 20 heavy (non-hydrogen) atoms. The minimum absolute atomic E-state index is 0.0408. The number of aryl methyl sites for hydroxylation is 1. The minimum Gasteiger partial charge on any atom is -0.497 e. The molecule has 0 aliphatic carbocycles. The molecule has 0 aliphatic heterocycles. The molecule has 0 saturated carbocycles. The molecule has 2 aromatic rings. The van der Waals surface area contributed by atoms with Gasteiger partial charge in [-0.3, -0.25) is 0 Å². The molecule has 2 heteroatoms. The van der Waals surface area contributed by atoms with Gasteiger partial charge in [-0.1, -0.05) is 49.7 Å². The lowest BCUT2D eigenvalue weighted by Crippen LogP contribution is -2.13. The molecule has 2 nitrogen and oxygen atoms in total. The molecular formula is C18H23NO. The van der Waals surface area contributed by atoms with E-state index >= 15 is 0 Å². The van der Waals surface area contributed by atoms with E-state index in [1.807, 2.05) is 12.1 Å². The largest absolute Gasteiger partial charge is 0.497 e. The van der Waals surface area contributed by atoms with Gasteiger partial charge in [0.15, 0.2) is 0 Å². The summed E-state index contributed by atoms with van der Waals surface area (Å²) in [5.41, 5.74) is 10.1. The first-order valence-corrected chi connectivity index (χ1v) is 7.20. The van der Waals surface area contributed by atoms with Crippen molar-refractivity contribution in [2.24, 2.45) is 5.73 Å². The number of methoxy groups -OCH3 is 1. The molecule has 2 aromatic carbocycles. The van der Waals surface area contributed by atoms with Crippen molar-refractivity contribution in [3.63, 3.8) is 0 Å². The molecule has 0 heterocycles. The van der Waals surface area contributed by atoms with Gasteiger partial charge in [0.05, 0.1) is 7.11 Å². The van der Waals surface area contributed by atoms with Gasteiger partial charge < -0.3 is 10.5 Å². The highest BCUT2D eigenvalue weighted by molar-refractivity contribution is 5.30. The Labute approximate surface area is 121 Å². The van der Waals surface area contributed by atoms with Gasteiger partial charge in [-0.2, -0.15) is 0 Å². The summed E-state index contributed by atoms with van der Waals surface area (Å²) in [7, 11) is 1.68. The normalized spacial score (nSPS) is 12.2. The van der Waals surface area contributed by atoms with Crippen LogP contribution in [0.4, 0.5) is 0 Å². The highest BCUT2D eigenvalue weighted by Crippen LogP contribution is 2.19. The number of hydrogen-bond donors (Lipinski definition) is 1. The van der Waals surface area contributed by atoms with Gasteiger partial charge in [0, 0.05) is 6.04 Å². The van der Waals surface area contributed by atoms with Crippen molar-refractivity contribution in [1.82, 2.24) is 0 Å². The third-order valence-electron chi connectivity index (χ3n) is 3.56. The fraction of sp³-hybridized carbons (Fsp3) is 0.333. The van der Waals surface area contributed by atoms with E-state index in [0.717, 1.165) is 18.6 Å². The first-order chi connectivity index (χ1) is 9.72. The number of hydrogen-bond acceptors (Lipinski definition) is 2. The molecule has 0 aromatic heterocycles. The highest BCUT2D eigenvalue weighted by atomic mass is 16.5. The Kier molecular flexibility index (Phi) is 5.19. The van der Waals surface area contributed by atoms with E-state index in [2.05, 4.69) is 43.3 Å². The first kappa shape index (κ1) is 14.6. The quantitative estimate of drug-likeness (QED) is 0.863. The van der Waals surface area contributed by atoms with Crippen molar-refractivity contribution in [2.45, 2.75) is 32.2 Å². The minimum atomic E-state index is 0.0408. The average Bonchev–Trinajstić information content (AvgIpc) is 2.49. The van der Waals surface area contributed by atoms with Crippen LogP contribution in [0.15, 0.2) is 48.5 Å². The Hall–Kier alpha value is -1.80. The predicted octanol–water partition coefficient (Wildman–Crippen LogP) is 3.89. The van der Waals surface area contributed by atoms with Gasteiger partial charge in [-0.25, -0.2) is 0 Å². The molecule has 0 fully saturated rings. The van der Waals surface area contributed by atoms with E-state index in [-0.39, 0.29) is 6.04 Å². The van der Waals surface area contributed by atoms with E-state index in [1.54, 1.807) is 7.11 Å². The molecule has 1 atom stereocenters. The van der Waals surface area contributed by atoms with E-state index in [1.165, 1.54) is 23.1 Å². The summed E-state index contributed by atoms with van der Waals surface area (Å²) >= 11 is 0. The van der Waals surface area contributed by atoms with E-state index in [4.69, 9.17) is 10.5 Å². The Balaban J connectivity index is 2.01. The third kappa shape index (κ3) is 3.84. The fourth-order valence-corrected chi connectivity index (χ4v) is 2.35. The van der Waals surface area contributed by atoms with Gasteiger partial charge in [0.25, 0.3) is 0 Å². The number of rotatable bonds is 6. The Morgan fingerprint density at radius 2 is 1.55 bits per heavy atom. The summed E-state index contributed by atoms with van der Waals surface area (Å²) in [5.74, 6) is 0.881. The van der Waals surface area contributed by atoms with E-state index in [9.17, 15) is 0 Å². The third-order valence-corrected chi connectivity index (χ3v) is 3.56. The standard InChI is InChI=1S/C18H23NO/c1-3-4-14-5-9-16(10-6-14)18(19)13-15-7-11-17(20-2)12-8-15/h5-12,18H,3-4,13,19H2,1-2H3. The molecule has 106 valence electrons. The van der Waals surface area contributed by atoms with Crippen molar-refractivity contribution in [2.75, 3.05) is 7.11 Å². The van der Waals surface area contributed by atoms with Gasteiger partial charge >= 0.3 is 0 Å². The van der Waals surface area contributed by atoms with Crippen molar-refractivity contribution in [3.05, 3.63) is 65.2 Å². The monoisotopic (exact) mass is 269 g/mol. The second kappa shape index (κ2) is 7.11. The summed E-state index contributed by atoms with van der Waals surface area (Å²) in [6.07, 6.45) is 3.16. The summed E-state index contributed by atoms with van der Waals surface area (Å²) in [5, 5.41) is 0. The molecule has 0 aliphatic rings. The average molecular weight is 269 g/mol. The molecule has 0 saturated heterocycles. The van der Waals surface area contributed by atoms with Crippen molar-refractivity contribution < 1.29 is 4.74 Å². The molecule has 0 radical (unpaired) electrons. The molecular weight excluding hydrogens is 246 g/mol.